The molecule has 0 atom stereocenters. The number of rotatable bonds is 5. The molecule has 0 fully saturated rings. The van der Waals surface area contributed by atoms with Crippen molar-refractivity contribution in [3.8, 4) is 5.75 Å². The number of halogens is 2. The van der Waals surface area contributed by atoms with Gasteiger partial charge in [0, 0.05) is 39.8 Å². The Morgan fingerprint density at radius 3 is 2.71 bits per heavy atom. The zero-order valence-electron chi connectivity index (χ0n) is 16.6. The predicted octanol–water partition coefficient (Wildman–Crippen LogP) is 5.77. The number of hydrogen-bond donors (Lipinski definition) is 2. The van der Waals surface area contributed by atoms with Crippen LogP contribution in [0.4, 0.5) is 0 Å². The van der Waals surface area contributed by atoms with Crippen LogP contribution in [-0.2, 0) is 6.54 Å². The summed E-state index contributed by atoms with van der Waals surface area (Å²) >= 11 is 12.1. The molecule has 156 valence electrons. The third-order valence-electron chi connectivity index (χ3n) is 5.02. The summed E-state index contributed by atoms with van der Waals surface area (Å²) in [5, 5.41) is 15.4. The van der Waals surface area contributed by atoms with Gasteiger partial charge in [-0.2, -0.15) is 5.10 Å². The fourth-order valence-electron chi connectivity index (χ4n) is 3.30. The van der Waals surface area contributed by atoms with Crippen LogP contribution in [0.3, 0.4) is 0 Å². The first kappa shape index (κ1) is 21.0. The summed E-state index contributed by atoms with van der Waals surface area (Å²) in [6.07, 6.45) is 3.63. The molecule has 0 unspecified atom stereocenters. The van der Waals surface area contributed by atoms with Gasteiger partial charge in [-0.05, 0) is 54.4 Å². The van der Waals surface area contributed by atoms with Crippen LogP contribution in [0.1, 0.15) is 27.0 Å². The quantitative estimate of drug-likeness (QED) is 0.298. The number of amides is 1. The molecule has 2 N–H and O–H groups in total. The molecule has 1 heterocycles. The van der Waals surface area contributed by atoms with Crippen molar-refractivity contribution in [3.63, 3.8) is 0 Å². The number of hydrogen-bond acceptors (Lipinski definition) is 3. The van der Waals surface area contributed by atoms with Gasteiger partial charge in [-0.15, -0.1) is 0 Å². The summed E-state index contributed by atoms with van der Waals surface area (Å²) < 4.78 is 2.14. The first-order chi connectivity index (χ1) is 14.9. The highest BCUT2D eigenvalue weighted by Crippen LogP contribution is 2.24. The Bertz CT molecular complexity index is 1310. The van der Waals surface area contributed by atoms with E-state index >= 15 is 0 Å². The second-order valence-electron chi connectivity index (χ2n) is 7.17. The Morgan fingerprint density at radius 2 is 1.94 bits per heavy atom. The van der Waals surface area contributed by atoms with Crippen molar-refractivity contribution >= 4 is 46.2 Å². The molecule has 4 aromatic rings. The molecular weight excluding hydrogens is 433 g/mol. The van der Waals surface area contributed by atoms with E-state index < -0.39 is 5.91 Å². The van der Waals surface area contributed by atoms with E-state index in [0.29, 0.717) is 12.1 Å². The molecule has 0 saturated heterocycles. The van der Waals surface area contributed by atoms with Crippen LogP contribution in [0.2, 0.25) is 10.0 Å². The Morgan fingerprint density at radius 1 is 1.10 bits per heavy atom. The average Bonchev–Trinajstić information content (AvgIpc) is 3.16. The van der Waals surface area contributed by atoms with Crippen molar-refractivity contribution in [2.45, 2.75) is 13.5 Å². The minimum atomic E-state index is -0.417. The molecule has 0 radical (unpaired) electrons. The molecule has 1 amide bonds. The normalized spacial score (nSPS) is 11.3. The van der Waals surface area contributed by atoms with Gasteiger partial charge in [-0.1, -0.05) is 47.5 Å². The number of fused-ring (bicyclic) bond motifs is 1. The number of carbonyl (C=O) groups excluding carboxylic acids is 1. The highest BCUT2D eigenvalue weighted by molar-refractivity contribution is 6.32. The number of phenols is 1. The Kier molecular flexibility index (Phi) is 5.98. The number of benzene rings is 3. The van der Waals surface area contributed by atoms with Gasteiger partial charge >= 0.3 is 0 Å². The van der Waals surface area contributed by atoms with Crippen molar-refractivity contribution in [2.24, 2.45) is 5.10 Å². The van der Waals surface area contributed by atoms with Crippen LogP contribution in [0.15, 0.2) is 72.0 Å². The molecule has 5 nitrogen and oxygen atoms in total. The summed E-state index contributed by atoms with van der Waals surface area (Å²) in [4.78, 5) is 12.2. The summed E-state index contributed by atoms with van der Waals surface area (Å²) in [5.74, 6) is -0.495. The summed E-state index contributed by atoms with van der Waals surface area (Å²) in [5.41, 5.74) is 6.89. The van der Waals surface area contributed by atoms with Crippen LogP contribution in [0, 0.1) is 6.92 Å². The molecular formula is C24H19Cl2N3O2. The Balaban J connectivity index is 1.52. The smallest absolute Gasteiger partial charge is 0.271 e. The highest BCUT2D eigenvalue weighted by Gasteiger charge is 2.08. The maximum absolute atomic E-state index is 12.2. The number of hydrazone groups is 1. The number of carbonyl (C=O) groups is 1. The van der Waals surface area contributed by atoms with E-state index in [4.69, 9.17) is 23.2 Å². The van der Waals surface area contributed by atoms with Gasteiger partial charge in [0.2, 0.25) is 0 Å². The van der Waals surface area contributed by atoms with Gasteiger partial charge < -0.3 is 9.67 Å². The van der Waals surface area contributed by atoms with Crippen LogP contribution < -0.4 is 5.43 Å². The van der Waals surface area contributed by atoms with E-state index in [1.165, 1.54) is 18.2 Å². The number of aromatic hydroxyl groups is 1. The molecule has 4 rings (SSSR count). The summed E-state index contributed by atoms with van der Waals surface area (Å²) in [6.45, 7) is 2.68. The Hall–Kier alpha value is -3.28. The van der Waals surface area contributed by atoms with Crippen LogP contribution >= 0.6 is 23.2 Å². The molecule has 0 spiro atoms. The molecule has 0 aliphatic rings. The van der Waals surface area contributed by atoms with Gasteiger partial charge in [0.05, 0.1) is 11.2 Å². The highest BCUT2D eigenvalue weighted by atomic mass is 35.5. The molecule has 0 saturated carbocycles. The molecule has 1 aromatic heterocycles. The molecule has 0 aliphatic heterocycles. The fourth-order valence-corrected chi connectivity index (χ4v) is 3.69. The van der Waals surface area contributed by atoms with Crippen LogP contribution in [0.5, 0.6) is 5.75 Å². The number of aromatic nitrogens is 1. The van der Waals surface area contributed by atoms with Crippen molar-refractivity contribution in [2.75, 3.05) is 0 Å². The van der Waals surface area contributed by atoms with Gasteiger partial charge in [0.25, 0.3) is 5.91 Å². The van der Waals surface area contributed by atoms with Crippen molar-refractivity contribution in [1.29, 1.82) is 0 Å². The van der Waals surface area contributed by atoms with Crippen molar-refractivity contribution in [3.05, 3.63) is 99.2 Å². The Labute approximate surface area is 189 Å². The molecule has 0 aliphatic carbocycles. The average molecular weight is 452 g/mol. The first-order valence-electron chi connectivity index (χ1n) is 9.57. The van der Waals surface area contributed by atoms with Crippen LogP contribution in [-0.4, -0.2) is 21.8 Å². The third-order valence-corrected chi connectivity index (χ3v) is 5.73. The monoisotopic (exact) mass is 451 g/mol. The second kappa shape index (κ2) is 8.84. The lowest BCUT2D eigenvalue weighted by Crippen LogP contribution is -2.17. The number of phenolic OH excluding ortho intramolecular Hbond substituents is 1. The molecule has 31 heavy (non-hydrogen) atoms. The maximum atomic E-state index is 12.2. The van der Waals surface area contributed by atoms with E-state index in [0.717, 1.165) is 32.6 Å². The largest absolute Gasteiger partial charge is 0.506 e. The minimum absolute atomic E-state index is 0.0779. The lowest BCUT2D eigenvalue weighted by atomic mass is 10.1. The molecule has 7 heteroatoms. The van der Waals surface area contributed by atoms with Gasteiger partial charge in [0.15, 0.2) is 0 Å². The van der Waals surface area contributed by atoms with E-state index in [2.05, 4.69) is 21.2 Å². The zero-order chi connectivity index (χ0) is 22.0. The van der Waals surface area contributed by atoms with E-state index in [9.17, 15) is 9.90 Å². The number of nitrogens with zero attached hydrogens (tertiary/aromatic N) is 2. The van der Waals surface area contributed by atoms with Gasteiger partial charge in [0.1, 0.15) is 5.75 Å². The maximum Gasteiger partial charge on any atom is 0.271 e. The number of aryl methyl sites for hydroxylation is 1. The van der Waals surface area contributed by atoms with Gasteiger partial charge in [-0.25, -0.2) is 5.43 Å². The van der Waals surface area contributed by atoms with Crippen LogP contribution in [0.25, 0.3) is 10.9 Å². The first-order valence-corrected chi connectivity index (χ1v) is 10.3. The topological polar surface area (TPSA) is 66.6 Å². The standard InChI is InChI=1S/C24H19Cl2N3O2/c1-15-5-6-16(11-20(15)25)14-29-10-9-19-18(3-2-4-22(19)29)13-27-28-24(31)17-7-8-23(30)21(26)12-17/h2-13,30H,14H2,1H3,(H,28,31)/b27-13+. The van der Waals surface area contributed by atoms with E-state index in [-0.39, 0.29) is 10.8 Å². The van der Waals surface area contributed by atoms with E-state index in [1.807, 2.05) is 49.5 Å². The fraction of sp³-hybridized carbons (Fsp3) is 0.0833. The lowest BCUT2D eigenvalue weighted by molar-refractivity contribution is 0.0955. The van der Waals surface area contributed by atoms with E-state index in [1.54, 1.807) is 6.21 Å². The minimum Gasteiger partial charge on any atom is -0.506 e. The summed E-state index contributed by atoms with van der Waals surface area (Å²) in [6, 6.07) is 18.3. The molecule has 0 bridgehead atoms. The SMILES string of the molecule is Cc1ccc(Cn2ccc3c(/C=N/NC(=O)c4ccc(O)c(Cl)c4)cccc32)cc1Cl. The third kappa shape index (κ3) is 4.58. The number of nitrogens with one attached hydrogen (secondary N) is 1. The summed E-state index contributed by atoms with van der Waals surface area (Å²) in [7, 11) is 0. The zero-order valence-corrected chi connectivity index (χ0v) is 18.2. The molecule has 3 aromatic carbocycles. The second-order valence-corrected chi connectivity index (χ2v) is 7.99. The van der Waals surface area contributed by atoms with Gasteiger partial charge in [-0.3, -0.25) is 4.79 Å². The van der Waals surface area contributed by atoms with Crippen molar-refractivity contribution < 1.29 is 9.90 Å². The van der Waals surface area contributed by atoms with Crippen molar-refractivity contribution in [1.82, 2.24) is 9.99 Å². The predicted molar refractivity (Wildman–Crippen MR) is 125 cm³/mol. The lowest BCUT2D eigenvalue weighted by Gasteiger charge is -2.08.